The Kier molecular flexibility index (Phi) is 6.07. The molecule has 1 saturated heterocycles. The molecule has 8 heteroatoms. The summed E-state index contributed by atoms with van der Waals surface area (Å²) >= 11 is 0. The van der Waals surface area contributed by atoms with Crippen molar-refractivity contribution in [2.75, 3.05) is 20.1 Å². The second-order valence-corrected chi connectivity index (χ2v) is 7.80. The van der Waals surface area contributed by atoms with E-state index in [1.165, 1.54) is 5.01 Å². The van der Waals surface area contributed by atoms with Gasteiger partial charge in [-0.15, -0.1) is 5.01 Å². The first kappa shape index (κ1) is 19.3. The highest BCUT2D eigenvalue weighted by atomic mass is 16.7. The maximum atomic E-state index is 12.0. The molecule has 0 saturated carbocycles. The molecule has 0 aromatic rings. The lowest BCUT2D eigenvalue weighted by Gasteiger charge is -2.32. The van der Waals surface area contributed by atoms with Gasteiger partial charge in [-0.05, 0) is 41.5 Å². The standard InChI is InChI=1S/C15H30N4O4/c1-14(2,3)17(7)19(21)16-23-12-8-10-18(11-9-12)13(20)22-15(4,5)6/h12H,8-11H2,1-7H3/b19-16+. The number of hydrogen-bond donors (Lipinski definition) is 0. The predicted molar refractivity (Wildman–Crippen MR) is 85.5 cm³/mol. The van der Waals surface area contributed by atoms with Crippen LogP contribution in [0.1, 0.15) is 54.4 Å². The summed E-state index contributed by atoms with van der Waals surface area (Å²) in [5.41, 5.74) is -0.838. The van der Waals surface area contributed by atoms with E-state index in [0.29, 0.717) is 30.9 Å². The molecule has 1 heterocycles. The molecule has 23 heavy (non-hydrogen) atoms. The Morgan fingerprint density at radius 3 is 2.17 bits per heavy atom. The van der Waals surface area contributed by atoms with Crippen molar-refractivity contribution in [3.05, 3.63) is 5.21 Å². The highest BCUT2D eigenvalue weighted by Gasteiger charge is 2.29. The van der Waals surface area contributed by atoms with Crippen molar-refractivity contribution in [1.29, 1.82) is 0 Å². The number of carbonyl (C=O) groups excluding carboxylic acids is 1. The fourth-order valence-electron chi connectivity index (χ4n) is 1.89. The van der Waals surface area contributed by atoms with Gasteiger partial charge >= 0.3 is 6.09 Å². The van der Waals surface area contributed by atoms with Crippen LogP contribution in [0, 0.1) is 5.21 Å². The topological polar surface area (TPSA) is 80.4 Å². The summed E-state index contributed by atoms with van der Waals surface area (Å²) in [7, 11) is 1.66. The highest BCUT2D eigenvalue weighted by Crippen LogP contribution is 2.18. The van der Waals surface area contributed by atoms with Crippen LogP contribution in [0.2, 0.25) is 0 Å². The Bertz CT molecular complexity index is 432. The number of nitrogens with zero attached hydrogens (tertiary/aromatic N) is 4. The summed E-state index contributed by atoms with van der Waals surface area (Å²) in [5, 5.41) is 16.9. The molecule has 1 aliphatic heterocycles. The normalized spacial score (nSPS) is 17.9. The average Bonchev–Trinajstić information content (AvgIpc) is 2.41. The third-order valence-corrected chi connectivity index (χ3v) is 3.59. The van der Waals surface area contributed by atoms with E-state index >= 15 is 0 Å². The molecule has 0 aromatic carbocycles. The van der Waals surface area contributed by atoms with Gasteiger partial charge in [-0.3, -0.25) is 0 Å². The Morgan fingerprint density at radius 2 is 1.74 bits per heavy atom. The number of hydrogen-bond acceptors (Lipinski definition) is 5. The smallest absolute Gasteiger partial charge is 0.410 e. The monoisotopic (exact) mass is 330 g/mol. The summed E-state index contributed by atoms with van der Waals surface area (Å²) in [6.45, 7) is 12.3. The van der Waals surface area contributed by atoms with Gasteiger partial charge in [-0.2, -0.15) is 0 Å². The van der Waals surface area contributed by atoms with E-state index in [-0.39, 0.29) is 17.7 Å². The lowest BCUT2D eigenvalue weighted by atomic mass is 10.1. The molecule has 0 N–H and O–H groups in total. The zero-order valence-corrected chi connectivity index (χ0v) is 15.3. The van der Waals surface area contributed by atoms with Gasteiger partial charge < -0.3 is 19.7 Å². The van der Waals surface area contributed by atoms with Crippen molar-refractivity contribution in [2.45, 2.75) is 71.6 Å². The van der Waals surface area contributed by atoms with Crippen molar-refractivity contribution in [3.63, 3.8) is 0 Å². The van der Waals surface area contributed by atoms with Crippen LogP contribution in [0.3, 0.4) is 0 Å². The van der Waals surface area contributed by atoms with Crippen LogP contribution < -0.4 is 0 Å². The number of carbonyl (C=O) groups is 1. The van der Waals surface area contributed by atoms with Gasteiger partial charge in [-0.1, -0.05) is 0 Å². The maximum absolute atomic E-state index is 12.0. The summed E-state index contributed by atoms with van der Waals surface area (Å²) in [6.07, 6.45) is 0.760. The summed E-state index contributed by atoms with van der Waals surface area (Å²) in [4.78, 5) is 19.4. The molecule has 0 aromatic heterocycles. The second-order valence-electron chi connectivity index (χ2n) is 7.80. The van der Waals surface area contributed by atoms with Gasteiger partial charge in [-0.25, -0.2) is 4.79 Å². The van der Waals surface area contributed by atoms with Crippen molar-refractivity contribution in [2.24, 2.45) is 5.28 Å². The van der Waals surface area contributed by atoms with Crippen molar-refractivity contribution in [3.8, 4) is 0 Å². The van der Waals surface area contributed by atoms with Crippen LogP contribution in [-0.4, -0.2) is 58.4 Å². The van der Waals surface area contributed by atoms with Crippen LogP contribution in [0.5, 0.6) is 0 Å². The Hall–Kier alpha value is -1.73. The Balaban J connectivity index is 2.44. The van der Waals surface area contributed by atoms with Crippen LogP contribution >= 0.6 is 0 Å². The van der Waals surface area contributed by atoms with Gasteiger partial charge in [0.05, 0.1) is 17.6 Å². The molecule has 0 bridgehead atoms. The second kappa shape index (κ2) is 7.23. The molecule has 134 valence electrons. The minimum atomic E-state index is -0.500. The van der Waals surface area contributed by atoms with E-state index < -0.39 is 5.60 Å². The van der Waals surface area contributed by atoms with E-state index in [4.69, 9.17) is 9.57 Å². The zero-order valence-electron chi connectivity index (χ0n) is 15.3. The molecule has 1 aliphatic rings. The van der Waals surface area contributed by atoms with E-state index in [0.717, 1.165) is 0 Å². The van der Waals surface area contributed by atoms with Crippen LogP contribution in [0.25, 0.3) is 0 Å². The van der Waals surface area contributed by atoms with E-state index in [9.17, 15) is 10.0 Å². The quantitative estimate of drug-likeness (QED) is 0.451. The number of hydrazine groups is 1. The first-order chi connectivity index (χ1) is 10.4. The van der Waals surface area contributed by atoms with Crippen LogP contribution in [0.4, 0.5) is 4.79 Å². The molecule has 0 radical (unpaired) electrons. The van der Waals surface area contributed by atoms with Gasteiger partial charge in [0, 0.05) is 25.9 Å². The first-order valence-electron chi connectivity index (χ1n) is 7.96. The van der Waals surface area contributed by atoms with Crippen LogP contribution in [0.15, 0.2) is 5.28 Å². The van der Waals surface area contributed by atoms with Gasteiger partial charge in [0.2, 0.25) is 5.28 Å². The molecule has 0 aliphatic carbocycles. The molecule has 1 amide bonds. The Labute approximate surface area is 138 Å². The SMILES string of the molecule is CN(/[N+]([O-])=N\OC1CCN(C(=O)OC(C)(C)C)CC1)C(C)(C)C. The molecular formula is C15H30N4O4. The van der Waals surface area contributed by atoms with Crippen molar-refractivity contribution >= 4 is 6.09 Å². The Morgan fingerprint density at radius 1 is 1.22 bits per heavy atom. The first-order valence-corrected chi connectivity index (χ1v) is 7.96. The lowest BCUT2D eigenvalue weighted by Crippen LogP contribution is -2.44. The number of piperidine rings is 1. The summed E-state index contributed by atoms with van der Waals surface area (Å²) < 4.78 is 5.34. The lowest BCUT2D eigenvalue weighted by molar-refractivity contribution is -0.720. The number of ether oxygens (including phenoxy) is 1. The molecule has 1 fully saturated rings. The predicted octanol–water partition coefficient (Wildman–Crippen LogP) is 2.93. The average molecular weight is 330 g/mol. The minimum absolute atomic E-state index is 0.168. The van der Waals surface area contributed by atoms with E-state index in [1.807, 2.05) is 41.5 Å². The molecule has 0 spiro atoms. The fourth-order valence-corrected chi connectivity index (χ4v) is 1.89. The summed E-state index contributed by atoms with van der Waals surface area (Å²) in [5.74, 6) is 0. The molecule has 0 unspecified atom stereocenters. The fraction of sp³-hybridized carbons (Fsp3) is 0.933. The molecule has 0 atom stereocenters. The number of amides is 1. The molecular weight excluding hydrogens is 300 g/mol. The van der Waals surface area contributed by atoms with E-state index in [1.54, 1.807) is 11.9 Å². The third kappa shape index (κ3) is 6.50. The van der Waals surface area contributed by atoms with E-state index in [2.05, 4.69) is 5.28 Å². The van der Waals surface area contributed by atoms with Gasteiger partial charge in [0.15, 0.2) is 0 Å². The van der Waals surface area contributed by atoms with Crippen LogP contribution in [-0.2, 0) is 9.57 Å². The highest BCUT2D eigenvalue weighted by molar-refractivity contribution is 5.68. The minimum Gasteiger partial charge on any atom is -0.569 e. The van der Waals surface area contributed by atoms with Crippen molar-refractivity contribution in [1.82, 2.24) is 9.91 Å². The molecule has 8 nitrogen and oxygen atoms in total. The molecule has 1 rings (SSSR count). The van der Waals surface area contributed by atoms with Gasteiger partial charge in [0.25, 0.3) is 0 Å². The van der Waals surface area contributed by atoms with Crippen molar-refractivity contribution < 1.29 is 19.3 Å². The number of rotatable bonds is 3. The largest absolute Gasteiger partial charge is 0.569 e. The number of likely N-dealkylation sites (tertiary alicyclic amines) is 1. The summed E-state index contributed by atoms with van der Waals surface area (Å²) in [6, 6.07) is 0. The zero-order chi connectivity index (χ0) is 17.8. The maximum Gasteiger partial charge on any atom is 0.410 e. The van der Waals surface area contributed by atoms with Gasteiger partial charge in [0.1, 0.15) is 11.7 Å². The third-order valence-electron chi connectivity index (χ3n) is 3.59.